The zero-order valence-corrected chi connectivity index (χ0v) is 15.1. The molecular formula is C17H19N3O4S. The van der Waals surface area contributed by atoms with Crippen molar-refractivity contribution in [1.29, 1.82) is 0 Å². The van der Waals surface area contributed by atoms with Crippen LogP contribution in [0.5, 0.6) is 5.75 Å². The molecule has 132 valence electrons. The summed E-state index contributed by atoms with van der Waals surface area (Å²) in [5, 5.41) is 3.27. The van der Waals surface area contributed by atoms with Gasteiger partial charge in [-0.1, -0.05) is 6.92 Å². The average molecular weight is 361 g/mol. The summed E-state index contributed by atoms with van der Waals surface area (Å²) in [5.74, 6) is 0.341. The summed E-state index contributed by atoms with van der Waals surface area (Å²) in [6.45, 7) is 2.07. The van der Waals surface area contributed by atoms with Crippen molar-refractivity contribution in [1.82, 2.24) is 4.98 Å². The number of carbonyl (C=O) groups excluding carboxylic acids is 2. The number of thiazole rings is 1. The fourth-order valence-corrected chi connectivity index (χ4v) is 3.52. The third-order valence-corrected chi connectivity index (χ3v) is 4.97. The molecule has 1 aromatic heterocycles. The van der Waals surface area contributed by atoms with Crippen molar-refractivity contribution in [2.24, 2.45) is 0 Å². The van der Waals surface area contributed by atoms with E-state index in [-0.39, 0.29) is 25.0 Å². The molecule has 0 spiro atoms. The van der Waals surface area contributed by atoms with Gasteiger partial charge < -0.3 is 14.4 Å². The topological polar surface area (TPSA) is 80.8 Å². The van der Waals surface area contributed by atoms with Crippen LogP contribution in [0.25, 0.3) is 11.3 Å². The van der Waals surface area contributed by atoms with Gasteiger partial charge in [0.25, 0.3) is 11.8 Å². The van der Waals surface area contributed by atoms with Crippen LogP contribution in [0.4, 0.5) is 10.8 Å². The van der Waals surface area contributed by atoms with Gasteiger partial charge in [-0.15, -0.1) is 11.3 Å². The number of hydrogen-bond donors (Lipinski definition) is 1. The Morgan fingerprint density at radius 3 is 3.00 bits per heavy atom. The molecule has 1 N–H and O–H groups in total. The summed E-state index contributed by atoms with van der Waals surface area (Å²) in [4.78, 5) is 30.7. The van der Waals surface area contributed by atoms with Crippen LogP contribution in [0.1, 0.15) is 11.8 Å². The van der Waals surface area contributed by atoms with Gasteiger partial charge in [-0.05, 0) is 24.6 Å². The third kappa shape index (κ3) is 3.49. The number of hydrogen-bond acceptors (Lipinski definition) is 6. The number of aromatic nitrogens is 1. The van der Waals surface area contributed by atoms with Crippen LogP contribution in [-0.4, -0.2) is 44.2 Å². The SMILES string of the molecule is CCc1sc(NC(=O)COC)nc1-c1ccc2c(c1)N(C)C(=O)CO2. The second kappa shape index (κ2) is 7.20. The summed E-state index contributed by atoms with van der Waals surface area (Å²) < 4.78 is 10.3. The molecule has 7 nitrogen and oxygen atoms in total. The Labute approximate surface area is 149 Å². The maximum atomic E-state index is 11.8. The number of carbonyl (C=O) groups is 2. The van der Waals surface area contributed by atoms with Gasteiger partial charge in [0.15, 0.2) is 11.7 Å². The van der Waals surface area contributed by atoms with Gasteiger partial charge in [-0.3, -0.25) is 14.9 Å². The van der Waals surface area contributed by atoms with Crippen LogP contribution in [0.3, 0.4) is 0 Å². The number of amides is 2. The lowest BCUT2D eigenvalue weighted by Gasteiger charge is -2.26. The summed E-state index contributed by atoms with van der Waals surface area (Å²) in [6.07, 6.45) is 0.787. The molecule has 0 aliphatic carbocycles. The predicted molar refractivity (Wildman–Crippen MR) is 96.3 cm³/mol. The quantitative estimate of drug-likeness (QED) is 0.884. The highest BCUT2D eigenvalue weighted by atomic mass is 32.1. The van der Waals surface area contributed by atoms with Gasteiger partial charge in [0.05, 0.1) is 11.4 Å². The first kappa shape index (κ1) is 17.4. The first-order chi connectivity index (χ1) is 12.0. The third-order valence-electron chi connectivity index (χ3n) is 3.86. The normalized spacial score (nSPS) is 13.4. The molecule has 2 aromatic rings. The number of fused-ring (bicyclic) bond motifs is 1. The molecule has 0 saturated heterocycles. The molecule has 8 heteroatoms. The Kier molecular flexibility index (Phi) is 5.00. The van der Waals surface area contributed by atoms with Crippen LogP contribution in [0.2, 0.25) is 0 Å². The molecule has 0 bridgehead atoms. The fourth-order valence-electron chi connectivity index (χ4n) is 2.58. The van der Waals surface area contributed by atoms with Crippen molar-refractivity contribution in [2.75, 3.05) is 37.6 Å². The number of likely N-dealkylation sites (N-methyl/N-ethyl adjacent to an activating group) is 1. The molecule has 25 heavy (non-hydrogen) atoms. The van der Waals surface area contributed by atoms with Crippen LogP contribution in [0, 0.1) is 0 Å². The number of nitrogens with one attached hydrogen (secondary N) is 1. The molecule has 2 heterocycles. The number of aryl methyl sites for hydroxylation is 1. The molecule has 0 fully saturated rings. The van der Waals surface area contributed by atoms with Gasteiger partial charge in [-0.2, -0.15) is 0 Å². The molecule has 2 amide bonds. The highest BCUT2D eigenvalue weighted by molar-refractivity contribution is 7.16. The van der Waals surface area contributed by atoms with E-state index in [1.165, 1.54) is 18.4 Å². The molecule has 1 aliphatic heterocycles. The lowest BCUT2D eigenvalue weighted by molar-refractivity contribution is -0.121. The Bertz CT molecular complexity index is 818. The maximum absolute atomic E-state index is 11.8. The van der Waals surface area contributed by atoms with E-state index >= 15 is 0 Å². The second-order valence-corrected chi connectivity index (χ2v) is 6.63. The number of methoxy groups -OCH3 is 1. The molecule has 0 radical (unpaired) electrons. The Morgan fingerprint density at radius 1 is 1.48 bits per heavy atom. The average Bonchev–Trinajstić information content (AvgIpc) is 3.01. The summed E-state index contributed by atoms with van der Waals surface area (Å²) >= 11 is 1.44. The Hall–Kier alpha value is -2.45. The Balaban J connectivity index is 1.95. The largest absolute Gasteiger partial charge is 0.482 e. The van der Waals surface area contributed by atoms with Gasteiger partial charge in [-0.25, -0.2) is 4.98 Å². The van der Waals surface area contributed by atoms with E-state index < -0.39 is 0 Å². The second-order valence-electron chi connectivity index (χ2n) is 5.55. The Morgan fingerprint density at radius 2 is 2.28 bits per heavy atom. The summed E-state index contributed by atoms with van der Waals surface area (Å²) in [6, 6.07) is 5.65. The molecular weight excluding hydrogens is 342 g/mol. The van der Waals surface area contributed by atoms with E-state index in [1.54, 1.807) is 11.9 Å². The van der Waals surface area contributed by atoms with Crippen molar-refractivity contribution in [3.8, 4) is 17.0 Å². The molecule has 1 aromatic carbocycles. The monoisotopic (exact) mass is 361 g/mol. The number of rotatable bonds is 5. The van der Waals surface area contributed by atoms with E-state index in [4.69, 9.17) is 9.47 Å². The standard InChI is InChI=1S/C17H19N3O4S/c1-4-13-16(19-17(25-13)18-14(21)8-23-3)10-5-6-12-11(7-10)20(2)15(22)9-24-12/h5-7H,4,8-9H2,1-3H3,(H,18,19,21). The van der Waals surface area contributed by atoms with Gasteiger partial charge in [0, 0.05) is 24.6 Å². The van der Waals surface area contributed by atoms with Crippen molar-refractivity contribution < 1.29 is 19.1 Å². The van der Waals surface area contributed by atoms with Gasteiger partial charge >= 0.3 is 0 Å². The molecule has 3 rings (SSSR count). The highest BCUT2D eigenvalue weighted by Gasteiger charge is 2.23. The van der Waals surface area contributed by atoms with Gasteiger partial charge in [0.1, 0.15) is 12.4 Å². The smallest absolute Gasteiger partial charge is 0.264 e. The molecule has 0 atom stereocenters. The van der Waals surface area contributed by atoms with Crippen LogP contribution < -0.4 is 15.0 Å². The zero-order chi connectivity index (χ0) is 18.0. The molecule has 1 aliphatic rings. The van der Waals surface area contributed by atoms with Gasteiger partial charge in [0.2, 0.25) is 0 Å². The van der Waals surface area contributed by atoms with E-state index in [2.05, 4.69) is 10.3 Å². The minimum Gasteiger partial charge on any atom is -0.482 e. The summed E-state index contributed by atoms with van der Waals surface area (Å²) in [7, 11) is 3.20. The predicted octanol–water partition coefficient (Wildman–Crippen LogP) is 2.31. The minimum atomic E-state index is -0.241. The van der Waals surface area contributed by atoms with Crippen LogP contribution >= 0.6 is 11.3 Å². The minimum absolute atomic E-state index is 0.0144. The van der Waals surface area contributed by atoms with E-state index in [1.807, 2.05) is 25.1 Å². The maximum Gasteiger partial charge on any atom is 0.264 e. The fraction of sp³-hybridized carbons (Fsp3) is 0.353. The summed E-state index contributed by atoms with van der Waals surface area (Å²) in [5.41, 5.74) is 2.40. The van der Waals surface area contributed by atoms with E-state index in [9.17, 15) is 9.59 Å². The molecule has 0 unspecified atom stereocenters. The molecule has 0 saturated carbocycles. The van der Waals surface area contributed by atoms with E-state index in [0.29, 0.717) is 16.6 Å². The van der Waals surface area contributed by atoms with Crippen molar-refractivity contribution in [2.45, 2.75) is 13.3 Å². The van der Waals surface area contributed by atoms with Crippen molar-refractivity contribution in [3.05, 3.63) is 23.1 Å². The first-order valence-corrected chi connectivity index (χ1v) is 8.67. The van der Waals surface area contributed by atoms with Crippen LogP contribution in [0.15, 0.2) is 18.2 Å². The lowest BCUT2D eigenvalue weighted by Crippen LogP contribution is -2.35. The van der Waals surface area contributed by atoms with Crippen molar-refractivity contribution in [3.63, 3.8) is 0 Å². The zero-order valence-electron chi connectivity index (χ0n) is 14.3. The number of anilines is 2. The van der Waals surface area contributed by atoms with Crippen LogP contribution in [-0.2, 0) is 20.7 Å². The van der Waals surface area contributed by atoms with Crippen molar-refractivity contribution >= 4 is 34.0 Å². The lowest BCUT2D eigenvalue weighted by atomic mass is 10.1. The number of benzene rings is 1. The number of ether oxygens (including phenoxy) is 2. The first-order valence-electron chi connectivity index (χ1n) is 7.85. The highest BCUT2D eigenvalue weighted by Crippen LogP contribution is 2.38. The number of nitrogens with zero attached hydrogens (tertiary/aromatic N) is 2. The van der Waals surface area contributed by atoms with E-state index in [0.717, 1.165) is 22.6 Å².